The number of anilines is 1. The van der Waals surface area contributed by atoms with Gasteiger partial charge in [-0.2, -0.15) is 0 Å². The van der Waals surface area contributed by atoms with Gasteiger partial charge in [0.15, 0.2) is 14.8 Å². The van der Waals surface area contributed by atoms with Gasteiger partial charge in [-0.05, 0) is 31.6 Å². The number of fused-ring (bicyclic) bond motifs is 1. The predicted molar refractivity (Wildman–Crippen MR) is 81.8 cm³/mol. The summed E-state index contributed by atoms with van der Waals surface area (Å²) in [6.07, 6.45) is 6.68. The summed E-state index contributed by atoms with van der Waals surface area (Å²) in [6.45, 7) is 0.783. The van der Waals surface area contributed by atoms with E-state index in [9.17, 15) is 18.5 Å². The lowest BCUT2D eigenvalue weighted by Crippen LogP contribution is -2.42. The zero-order valence-corrected chi connectivity index (χ0v) is 13.5. The number of rotatable bonds is 3. The summed E-state index contributed by atoms with van der Waals surface area (Å²) in [6, 6.07) is 1.55. The van der Waals surface area contributed by atoms with E-state index in [-0.39, 0.29) is 9.90 Å². The fourth-order valence-electron chi connectivity index (χ4n) is 3.58. The van der Waals surface area contributed by atoms with Gasteiger partial charge in [0.05, 0.1) is 4.92 Å². The Hall–Kier alpha value is -1.15. The van der Waals surface area contributed by atoms with Crippen molar-refractivity contribution in [3.8, 4) is 0 Å². The molecule has 1 aliphatic heterocycles. The summed E-state index contributed by atoms with van der Waals surface area (Å²) < 4.78 is 23.5. The van der Waals surface area contributed by atoms with Crippen molar-refractivity contribution in [3.05, 3.63) is 16.2 Å². The van der Waals surface area contributed by atoms with Gasteiger partial charge in [0.1, 0.15) is 4.21 Å². The summed E-state index contributed by atoms with van der Waals surface area (Å²) in [5.41, 5.74) is -0.0621. The molecule has 116 valence electrons. The lowest BCUT2D eigenvalue weighted by molar-refractivity contribution is -0.383. The highest BCUT2D eigenvalue weighted by Gasteiger charge is 2.39. The molecule has 2 unspecified atom stereocenters. The van der Waals surface area contributed by atoms with Crippen LogP contribution in [0.15, 0.2) is 10.3 Å². The molecule has 3 rings (SSSR count). The van der Waals surface area contributed by atoms with E-state index in [4.69, 9.17) is 0 Å². The van der Waals surface area contributed by atoms with Crippen molar-refractivity contribution >= 4 is 31.9 Å². The summed E-state index contributed by atoms with van der Waals surface area (Å²) in [4.78, 5) is 12.9. The molecule has 2 fully saturated rings. The Morgan fingerprint density at radius 1 is 1.33 bits per heavy atom. The standard InChI is InChI=1S/C13H18N2O4S2/c1-21(18,19)12-8-11(15(16)17)13(20-12)14-7-3-5-9-4-2-6-10(9)14/h8-10H,2-7H2,1H3. The van der Waals surface area contributed by atoms with Gasteiger partial charge in [-0.3, -0.25) is 10.1 Å². The predicted octanol–water partition coefficient (Wildman–Crippen LogP) is 2.83. The molecule has 1 saturated carbocycles. The first kappa shape index (κ1) is 14.8. The van der Waals surface area contributed by atoms with E-state index in [0.29, 0.717) is 17.0 Å². The number of nitro groups is 1. The van der Waals surface area contributed by atoms with Crippen molar-refractivity contribution in [1.82, 2.24) is 0 Å². The highest BCUT2D eigenvalue weighted by atomic mass is 32.2. The Kier molecular flexibility index (Phi) is 3.69. The molecule has 1 aromatic heterocycles. The summed E-state index contributed by atoms with van der Waals surface area (Å²) in [7, 11) is -3.41. The van der Waals surface area contributed by atoms with Crippen LogP contribution in [0.4, 0.5) is 10.7 Å². The van der Waals surface area contributed by atoms with Gasteiger partial charge in [-0.1, -0.05) is 17.8 Å². The van der Waals surface area contributed by atoms with Gasteiger partial charge < -0.3 is 4.90 Å². The SMILES string of the molecule is CS(=O)(=O)c1cc([N+](=O)[O-])c(N2CCCC3CCCC32)s1. The molecular formula is C13H18N2O4S2. The second-order valence-electron chi connectivity index (χ2n) is 5.88. The quantitative estimate of drug-likeness (QED) is 0.629. The number of nitrogens with zero attached hydrogens (tertiary/aromatic N) is 2. The molecule has 8 heteroatoms. The van der Waals surface area contributed by atoms with E-state index in [1.54, 1.807) is 0 Å². The molecular weight excluding hydrogens is 312 g/mol. The van der Waals surface area contributed by atoms with Gasteiger partial charge in [0.2, 0.25) is 0 Å². The van der Waals surface area contributed by atoms with Crippen LogP contribution in [0, 0.1) is 16.0 Å². The van der Waals surface area contributed by atoms with Crippen LogP contribution in [0.5, 0.6) is 0 Å². The van der Waals surface area contributed by atoms with Crippen LogP contribution in [0.25, 0.3) is 0 Å². The average Bonchev–Trinajstić information content (AvgIpc) is 3.04. The lowest BCUT2D eigenvalue weighted by Gasteiger charge is -2.38. The molecule has 21 heavy (non-hydrogen) atoms. The minimum atomic E-state index is -3.41. The van der Waals surface area contributed by atoms with Gasteiger partial charge in [0.25, 0.3) is 0 Å². The second-order valence-corrected chi connectivity index (χ2v) is 9.15. The van der Waals surface area contributed by atoms with E-state index >= 15 is 0 Å². The van der Waals surface area contributed by atoms with Gasteiger partial charge in [0, 0.05) is 24.9 Å². The van der Waals surface area contributed by atoms with Crippen LogP contribution >= 0.6 is 11.3 Å². The zero-order chi connectivity index (χ0) is 15.2. The maximum Gasteiger partial charge on any atom is 0.305 e. The van der Waals surface area contributed by atoms with Gasteiger partial charge >= 0.3 is 5.69 Å². The molecule has 6 nitrogen and oxygen atoms in total. The maximum atomic E-state index is 11.7. The largest absolute Gasteiger partial charge is 0.355 e. The van der Waals surface area contributed by atoms with E-state index in [2.05, 4.69) is 4.90 Å². The Bertz CT molecular complexity index is 668. The van der Waals surface area contributed by atoms with Gasteiger partial charge in [-0.25, -0.2) is 8.42 Å². The molecule has 2 heterocycles. The topological polar surface area (TPSA) is 80.5 Å². The number of hydrogen-bond donors (Lipinski definition) is 0. The van der Waals surface area contributed by atoms with Gasteiger partial charge in [-0.15, -0.1) is 0 Å². The Balaban J connectivity index is 2.04. The van der Waals surface area contributed by atoms with Crippen LogP contribution in [0.2, 0.25) is 0 Å². The minimum absolute atomic E-state index is 0.0621. The first-order valence-electron chi connectivity index (χ1n) is 7.13. The van der Waals surface area contributed by atoms with Crippen LogP contribution in [0.3, 0.4) is 0 Å². The third-order valence-electron chi connectivity index (χ3n) is 4.49. The average molecular weight is 330 g/mol. The minimum Gasteiger partial charge on any atom is -0.355 e. The maximum absolute atomic E-state index is 11.7. The van der Waals surface area contributed by atoms with E-state index < -0.39 is 14.8 Å². The molecule has 0 spiro atoms. The van der Waals surface area contributed by atoms with Crippen molar-refractivity contribution in [1.29, 1.82) is 0 Å². The fourth-order valence-corrected chi connectivity index (χ4v) is 5.69. The molecule has 0 amide bonds. The molecule has 1 aliphatic carbocycles. The molecule has 2 aliphatic rings. The normalized spacial score (nSPS) is 25.9. The van der Waals surface area contributed by atoms with Crippen molar-refractivity contribution in [2.75, 3.05) is 17.7 Å². The van der Waals surface area contributed by atoms with Crippen molar-refractivity contribution in [3.63, 3.8) is 0 Å². The molecule has 1 saturated heterocycles. The summed E-state index contributed by atoms with van der Waals surface area (Å²) in [5.74, 6) is 0.599. The Morgan fingerprint density at radius 2 is 2.05 bits per heavy atom. The van der Waals surface area contributed by atoms with Crippen molar-refractivity contribution < 1.29 is 13.3 Å². The van der Waals surface area contributed by atoms with Crippen molar-refractivity contribution in [2.24, 2.45) is 5.92 Å². The van der Waals surface area contributed by atoms with Crippen LogP contribution in [-0.4, -0.2) is 32.2 Å². The summed E-state index contributed by atoms with van der Waals surface area (Å²) in [5, 5.41) is 11.8. The first-order chi connectivity index (χ1) is 9.88. The zero-order valence-electron chi connectivity index (χ0n) is 11.8. The fraction of sp³-hybridized carbons (Fsp3) is 0.692. The highest BCUT2D eigenvalue weighted by Crippen LogP contribution is 2.46. The Morgan fingerprint density at radius 3 is 2.71 bits per heavy atom. The molecule has 0 bridgehead atoms. The van der Waals surface area contributed by atoms with Crippen molar-refractivity contribution in [2.45, 2.75) is 42.4 Å². The highest BCUT2D eigenvalue weighted by molar-refractivity contribution is 7.92. The number of thiophene rings is 1. The monoisotopic (exact) mass is 330 g/mol. The van der Waals surface area contributed by atoms with Crippen LogP contribution < -0.4 is 4.90 Å². The molecule has 0 N–H and O–H groups in total. The number of sulfone groups is 1. The van der Waals surface area contributed by atoms with Crippen LogP contribution in [-0.2, 0) is 9.84 Å². The third-order valence-corrected chi connectivity index (χ3v) is 7.45. The third kappa shape index (κ3) is 2.66. The number of hydrogen-bond acceptors (Lipinski definition) is 6. The summed E-state index contributed by atoms with van der Waals surface area (Å²) >= 11 is 1.05. The molecule has 2 atom stereocenters. The first-order valence-corrected chi connectivity index (χ1v) is 9.83. The second kappa shape index (κ2) is 5.24. The molecule has 0 aromatic carbocycles. The lowest BCUT2D eigenvalue weighted by atomic mass is 9.92. The molecule has 1 aromatic rings. The Labute approximate surface area is 127 Å². The molecule has 0 radical (unpaired) electrons. The van der Waals surface area contributed by atoms with E-state index in [0.717, 1.165) is 43.4 Å². The van der Waals surface area contributed by atoms with Crippen LogP contribution in [0.1, 0.15) is 32.1 Å². The van der Waals surface area contributed by atoms with E-state index in [1.165, 1.54) is 18.9 Å². The smallest absolute Gasteiger partial charge is 0.305 e. The number of piperidine rings is 1. The van der Waals surface area contributed by atoms with E-state index in [1.807, 2.05) is 0 Å².